The molecule has 0 amide bonds. The van der Waals surface area contributed by atoms with Gasteiger partial charge in [-0.3, -0.25) is 0 Å². The molecule has 0 aliphatic carbocycles. The molecule has 0 aromatic heterocycles. The van der Waals surface area contributed by atoms with E-state index in [1.807, 2.05) is 0 Å². The molecule has 3 radical (unpaired) electrons. The van der Waals surface area contributed by atoms with Gasteiger partial charge in [0.05, 0.1) is 0 Å². The van der Waals surface area contributed by atoms with Crippen molar-refractivity contribution < 1.29 is 98.1 Å². The molecular formula is C33H86Y3-6. The summed E-state index contributed by atoms with van der Waals surface area (Å²) in [6.07, 6.45) is 8.75. The minimum Gasteiger partial charge on any atom is -0.346 e. The molecule has 0 atom stereocenters. The fourth-order valence-corrected chi connectivity index (χ4v) is 0. The Morgan fingerprint density at radius 2 is 0.194 bits per heavy atom. The Morgan fingerprint density at radius 1 is 0.194 bits per heavy atom. The summed E-state index contributed by atoms with van der Waals surface area (Å²) >= 11 is 0. The van der Waals surface area contributed by atoms with Crippen LogP contribution in [-0.4, -0.2) is 0 Å². The summed E-state index contributed by atoms with van der Waals surface area (Å²) in [5, 5.41) is 0. The third kappa shape index (κ3) is 4490. The van der Waals surface area contributed by atoms with Gasteiger partial charge in [0.25, 0.3) is 0 Å². The molecule has 0 aromatic carbocycles. The molecule has 0 unspecified atom stereocenters. The smallest absolute Gasteiger partial charge is 0 e. The zero-order valence-electron chi connectivity index (χ0n) is 30.9. The summed E-state index contributed by atoms with van der Waals surface area (Å²) in [7, 11) is 0. The second-order valence-corrected chi connectivity index (χ2v) is 4.95. The van der Waals surface area contributed by atoms with Crippen molar-refractivity contribution in [2.75, 3.05) is 0 Å². The molecule has 0 aromatic rings. The predicted octanol–water partition coefficient (Wildman–Crippen LogP) is 14.9. The zero-order valence-corrected chi connectivity index (χ0v) is 39.4. The topological polar surface area (TPSA) is 0 Å². The van der Waals surface area contributed by atoms with Crippen LogP contribution >= 0.6 is 0 Å². The monoisotopic (exact) mass is 749 g/mol. The largest absolute Gasteiger partial charge is 0.346 e. The molecule has 0 spiro atoms. The second-order valence-electron chi connectivity index (χ2n) is 4.95. The third-order valence-electron chi connectivity index (χ3n) is 0. The van der Waals surface area contributed by atoms with E-state index in [4.69, 9.17) is 0 Å². The molecule has 36 heavy (non-hydrogen) atoms. The number of hydrogen-bond acceptors (Lipinski definition) is 0. The fourth-order valence-electron chi connectivity index (χ4n) is 0. The van der Waals surface area contributed by atoms with Crippen LogP contribution in [0, 0.1) is 41.5 Å². The van der Waals surface area contributed by atoms with Crippen LogP contribution in [0.1, 0.15) is 183 Å². The van der Waals surface area contributed by atoms with Crippen molar-refractivity contribution in [1.29, 1.82) is 0 Å². The van der Waals surface area contributed by atoms with E-state index in [2.05, 4.69) is 138 Å². The van der Waals surface area contributed by atoms with Crippen molar-refractivity contribution in [3.8, 4) is 0 Å². The van der Waals surface area contributed by atoms with Gasteiger partial charge in [0, 0.05) is 98.1 Å². The van der Waals surface area contributed by atoms with E-state index in [1.54, 1.807) is 41.5 Å². The number of hydrogen-bond donors (Lipinski definition) is 0. The van der Waals surface area contributed by atoms with Gasteiger partial charge in [-0.15, -0.1) is 0 Å². The predicted molar refractivity (Wildman–Crippen MR) is 178 cm³/mol. The van der Waals surface area contributed by atoms with Crippen molar-refractivity contribution in [3.05, 3.63) is 41.5 Å². The van der Waals surface area contributed by atoms with E-state index in [0.29, 0.717) is 0 Å². The molecule has 233 valence electrons. The molecule has 0 bridgehead atoms. The Bertz CT molecular complexity index is 34.5. The van der Waals surface area contributed by atoms with E-state index in [-0.39, 0.29) is 98.1 Å². The fraction of sp³-hybridized carbons (Fsp3) is 0.818. The van der Waals surface area contributed by atoms with Crippen LogP contribution in [0.5, 0.6) is 0 Å². The van der Waals surface area contributed by atoms with Gasteiger partial charge in [-0.2, -0.15) is 41.5 Å². The Morgan fingerprint density at radius 3 is 0.194 bits per heavy atom. The minimum absolute atomic E-state index is 0. The molecule has 0 nitrogen and oxygen atoms in total. The first-order valence-corrected chi connectivity index (χ1v) is 14.1. The van der Waals surface area contributed by atoms with E-state index in [1.165, 1.54) is 44.9 Å². The van der Waals surface area contributed by atoms with Crippen LogP contribution in [0.3, 0.4) is 0 Å². The molecule has 0 N–H and O–H groups in total. The molecule has 0 aliphatic rings. The van der Waals surface area contributed by atoms with Crippen LogP contribution in [0.25, 0.3) is 0 Å². The summed E-state index contributed by atoms with van der Waals surface area (Å²) in [6, 6.07) is 0. The Hall–Kier alpha value is 3.31. The van der Waals surface area contributed by atoms with Gasteiger partial charge in [0.1, 0.15) is 0 Å². The average molecular weight is 750 g/mol. The van der Waals surface area contributed by atoms with E-state index in [0.717, 1.165) is 0 Å². The first-order valence-electron chi connectivity index (χ1n) is 14.1. The molecule has 0 aliphatic heterocycles. The maximum absolute atomic E-state index is 3.25. The van der Waals surface area contributed by atoms with E-state index >= 15 is 0 Å². The third-order valence-corrected chi connectivity index (χ3v) is 0. The van der Waals surface area contributed by atoms with Gasteiger partial charge in [-0.1, -0.05) is 142 Å². The van der Waals surface area contributed by atoms with Gasteiger partial charge in [0.2, 0.25) is 0 Å². The van der Waals surface area contributed by atoms with Crippen molar-refractivity contribution >= 4 is 0 Å². The minimum atomic E-state index is 0. The van der Waals surface area contributed by atoms with Crippen LogP contribution in [-0.2, 0) is 98.1 Å². The molecular weight excluding hydrogens is 663 g/mol. The SMILES string of the molecule is CCC.CCC.CCC.CCC.CCC.CCC.CCC.[CH2-]C.[CH2-]C.[CH2-]C.[CH2-]C.[CH2-]C.[CH2-]C.[Y].[Y].[Y]. The van der Waals surface area contributed by atoms with Crippen molar-refractivity contribution in [3.63, 3.8) is 0 Å². The van der Waals surface area contributed by atoms with E-state index < -0.39 is 0 Å². The molecule has 0 rings (SSSR count). The summed E-state index contributed by atoms with van der Waals surface area (Å²) in [4.78, 5) is 0. The van der Waals surface area contributed by atoms with Crippen molar-refractivity contribution in [2.24, 2.45) is 0 Å². The van der Waals surface area contributed by atoms with Crippen molar-refractivity contribution in [2.45, 2.75) is 183 Å². The average Bonchev–Trinajstić information content (AvgIpc) is 2.85. The van der Waals surface area contributed by atoms with Gasteiger partial charge in [-0.05, 0) is 0 Å². The maximum atomic E-state index is 3.25. The first-order chi connectivity index (χ1) is 15.9. The quantitative estimate of drug-likeness (QED) is 0.216. The summed E-state index contributed by atoms with van der Waals surface area (Å²) in [5.41, 5.74) is 0. The zero-order chi connectivity index (χ0) is 30.9. The molecule has 0 saturated heterocycles. The Balaban J connectivity index is -0.00000000858. The number of rotatable bonds is 0. The molecule has 0 heterocycles. The first kappa shape index (κ1) is 106. The standard InChI is InChI=1S/7C3H8.6C2H5.3Y/c7*1-3-2;6*1-2;;;/h7*3H2,1-2H3;6*1H2,2H3;;;/q;;;;;;;6*-1;;;. The normalized spacial score (nSPS) is 4.50. The summed E-state index contributed by atoms with van der Waals surface area (Å²) in [6.45, 7) is 59.8. The second kappa shape index (κ2) is 502. The molecule has 3 heteroatoms. The van der Waals surface area contributed by atoms with Gasteiger partial charge >= 0.3 is 0 Å². The van der Waals surface area contributed by atoms with E-state index in [9.17, 15) is 0 Å². The summed E-state index contributed by atoms with van der Waals surface area (Å²) < 4.78 is 0. The molecule has 0 fully saturated rings. The van der Waals surface area contributed by atoms with Crippen LogP contribution < -0.4 is 0 Å². The van der Waals surface area contributed by atoms with Crippen LogP contribution in [0.2, 0.25) is 0 Å². The van der Waals surface area contributed by atoms with Gasteiger partial charge in [-0.25, -0.2) is 0 Å². The van der Waals surface area contributed by atoms with Gasteiger partial charge in [0.15, 0.2) is 0 Å². The van der Waals surface area contributed by atoms with Crippen molar-refractivity contribution in [1.82, 2.24) is 0 Å². The van der Waals surface area contributed by atoms with Crippen LogP contribution in [0.15, 0.2) is 0 Å². The van der Waals surface area contributed by atoms with Crippen LogP contribution in [0.4, 0.5) is 0 Å². The Labute approximate surface area is 319 Å². The van der Waals surface area contributed by atoms with Gasteiger partial charge < -0.3 is 41.5 Å². The molecule has 0 saturated carbocycles. The Kier molecular flexibility index (Phi) is 1480. The maximum Gasteiger partial charge on any atom is 0 e. The summed E-state index contributed by atoms with van der Waals surface area (Å²) in [5.74, 6) is 0.